The van der Waals surface area contributed by atoms with E-state index in [0.717, 1.165) is 22.6 Å². The van der Waals surface area contributed by atoms with E-state index in [0.29, 0.717) is 47.9 Å². The smallest absolute Gasteiger partial charge is 0.253 e. The lowest BCUT2D eigenvalue weighted by Crippen LogP contribution is -2.68. The minimum absolute atomic E-state index is 0.0726. The number of phenolic OH excluding ortho intramolecular Hbond substituents is 1. The number of fused-ring (bicyclic) bond motifs is 3. The zero-order chi connectivity index (χ0) is 51.1. The average Bonchev–Trinajstić information content (AvgIpc) is 3.68. The highest BCUT2D eigenvalue weighted by molar-refractivity contribution is 6.31. The van der Waals surface area contributed by atoms with Crippen molar-refractivity contribution in [2.75, 3.05) is 40.5 Å². The number of methoxy groups -OCH3 is 1. The van der Waals surface area contributed by atoms with Gasteiger partial charge in [0.1, 0.15) is 41.2 Å². The van der Waals surface area contributed by atoms with Gasteiger partial charge < -0.3 is 78.0 Å². The third kappa shape index (κ3) is 9.29. The number of carbonyl (C=O) groups is 4. The average molecular weight is 983 g/mol. The van der Waals surface area contributed by atoms with E-state index in [1.54, 1.807) is 25.1 Å². The summed E-state index contributed by atoms with van der Waals surface area (Å²) in [4.78, 5) is 60.9. The van der Waals surface area contributed by atoms with Crippen LogP contribution in [0.25, 0.3) is 0 Å². The van der Waals surface area contributed by atoms with Crippen LogP contribution in [0, 0.1) is 11.8 Å². The highest BCUT2D eigenvalue weighted by Crippen LogP contribution is 2.53. The molecule has 21 heteroatoms. The van der Waals surface area contributed by atoms with Crippen LogP contribution in [-0.4, -0.2) is 142 Å². The number of aliphatic hydroxyl groups excluding tert-OH is 4. The molecule has 4 aliphatic heterocycles. The Morgan fingerprint density at radius 3 is 2.42 bits per heavy atom. The topological polar surface area (TPSA) is 347 Å². The lowest BCUT2D eigenvalue weighted by Gasteiger charge is -2.49. The molecule has 2 aromatic carbocycles. The Balaban J connectivity index is 1.19. The molecule has 6 aliphatic rings. The molecule has 380 valence electrons. The zero-order valence-corrected chi connectivity index (χ0v) is 39.6. The number of ketones is 2. The van der Waals surface area contributed by atoms with Crippen molar-refractivity contribution < 1.29 is 64.0 Å². The summed E-state index contributed by atoms with van der Waals surface area (Å²) in [6.45, 7) is 0.753. The summed E-state index contributed by atoms with van der Waals surface area (Å²) in [5.74, 6) is -4.46. The Labute approximate surface area is 409 Å². The molecule has 71 heavy (non-hydrogen) atoms. The van der Waals surface area contributed by atoms with Crippen LogP contribution in [0.5, 0.6) is 17.2 Å². The van der Waals surface area contributed by atoms with Gasteiger partial charge in [-0.2, -0.15) is 0 Å². The van der Waals surface area contributed by atoms with Gasteiger partial charge in [-0.25, -0.2) is 0 Å². The number of allylic oxidation sites excluding steroid dienone is 3. The third-order valence-electron chi connectivity index (χ3n) is 14.5. The van der Waals surface area contributed by atoms with Crippen molar-refractivity contribution in [3.63, 3.8) is 0 Å². The van der Waals surface area contributed by atoms with Crippen molar-refractivity contribution >= 4 is 29.3 Å². The first kappa shape index (κ1) is 50.8. The molecule has 0 bridgehead atoms. The van der Waals surface area contributed by atoms with E-state index in [9.17, 15) is 40.2 Å². The SMILES string of the molecule is CCc1c(OC)cc(O[C@@H]2O[C@H](CO)[C@](O)(C[C@H](CN3C(=O)C=CC3=O)C3=CCNC(N)=C3)[C@H](O)[C@H]2O)c2c1C(=O)c1cc3c(c(O)c1C2=O)[C@@H](NC(N)=NC)CC[C@@H]3[C@H](CCCO)C1=CNC(N)C=C1. The number of benzene rings is 2. The predicted molar refractivity (Wildman–Crippen MR) is 257 cm³/mol. The third-order valence-corrected chi connectivity index (χ3v) is 14.5. The van der Waals surface area contributed by atoms with Crippen molar-refractivity contribution in [1.29, 1.82) is 0 Å². The molecule has 0 aromatic heterocycles. The fourth-order valence-corrected chi connectivity index (χ4v) is 11.0. The summed E-state index contributed by atoms with van der Waals surface area (Å²) in [7, 11) is 2.86. The molecule has 8 rings (SSSR count). The van der Waals surface area contributed by atoms with Crippen molar-refractivity contribution in [3.8, 4) is 17.2 Å². The van der Waals surface area contributed by atoms with Crippen molar-refractivity contribution in [3.05, 3.63) is 111 Å². The zero-order valence-electron chi connectivity index (χ0n) is 39.6. The van der Waals surface area contributed by atoms with Crippen LogP contribution in [0.4, 0.5) is 0 Å². The second kappa shape index (κ2) is 20.6. The summed E-state index contributed by atoms with van der Waals surface area (Å²) in [5, 5.41) is 78.5. The largest absolute Gasteiger partial charge is 0.507 e. The molecule has 4 heterocycles. The number of rotatable bonds is 16. The number of hydrogen-bond donors (Lipinski definition) is 12. The summed E-state index contributed by atoms with van der Waals surface area (Å²) >= 11 is 0. The molecule has 0 spiro atoms. The Morgan fingerprint density at radius 1 is 1.04 bits per heavy atom. The maximum atomic E-state index is 15.3. The van der Waals surface area contributed by atoms with E-state index in [1.165, 1.54) is 20.2 Å². The number of carbonyl (C=O) groups excluding carboxylic acids is 4. The first-order valence-corrected chi connectivity index (χ1v) is 23.7. The maximum absolute atomic E-state index is 15.3. The van der Waals surface area contributed by atoms with E-state index >= 15 is 9.59 Å². The van der Waals surface area contributed by atoms with Crippen LogP contribution in [0.1, 0.15) is 99.5 Å². The number of phenols is 1. The number of nitrogens with two attached hydrogens (primary N) is 3. The van der Waals surface area contributed by atoms with E-state index in [-0.39, 0.29) is 83.5 Å². The predicted octanol–water partition coefficient (Wildman–Crippen LogP) is -0.282. The fraction of sp³-hybridized carbons (Fsp3) is 0.460. The van der Waals surface area contributed by atoms with Gasteiger partial charge in [0.05, 0.1) is 42.9 Å². The number of nitrogens with one attached hydrogen (secondary N) is 3. The number of guanidine groups is 1. The van der Waals surface area contributed by atoms with Gasteiger partial charge in [-0.05, 0) is 85.3 Å². The maximum Gasteiger partial charge on any atom is 0.253 e. The van der Waals surface area contributed by atoms with Crippen molar-refractivity contribution in [2.45, 2.75) is 93.8 Å². The Hall–Kier alpha value is -6.59. The second-order valence-electron chi connectivity index (χ2n) is 18.6. The number of nitrogens with zero attached hydrogens (tertiary/aromatic N) is 2. The van der Waals surface area contributed by atoms with Crippen molar-refractivity contribution in [2.24, 2.45) is 34.0 Å². The Morgan fingerprint density at radius 2 is 1.79 bits per heavy atom. The highest BCUT2D eigenvalue weighted by Gasteiger charge is 2.57. The molecule has 0 saturated carbocycles. The monoisotopic (exact) mass is 982 g/mol. The Bertz CT molecular complexity index is 2660. The standard InChI is InChI=1S/C50H62N8O13/c1-4-26-32(69-3)18-33(70-48-46(66)47(67)50(68,34(22-60)71-48)19-25(23-13-14-55-36(52)16-23)21-58-37(61)11-12-38(58)62)42-40(26)43(63)30-17-29-28(27(6-5-15-59)24-7-10-35(51)56-20-24)8-9-31(57-49(53)54-2)39(29)44(64)41(30)45(42)65/h7,10-13,16-18,20,25,27-28,31,34-35,46-48,55-56,59-60,64,66-68H,4-6,8-9,14-15,19,21-22,51-52H2,1-3H3,(H3,53,54,57)/t25-,27-,28-,31+,34-,35?,46-,47-,48-,50-/m1/s1. The first-order valence-electron chi connectivity index (χ1n) is 23.7. The molecular formula is C50H62N8O13. The molecule has 1 saturated heterocycles. The van der Waals surface area contributed by atoms with Gasteiger partial charge in [0.2, 0.25) is 12.1 Å². The number of aliphatic hydroxyl groups is 5. The van der Waals surface area contributed by atoms with Crippen LogP contribution >= 0.6 is 0 Å². The van der Waals surface area contributed by atoms with Gasteiger partial charge in [0.25, 0.3) is 11.8 Å². The second-order valence-corrected chi connectivity index (χ2v) is 18.6. The van der Waals surface area contributed by atoms with E-state index in [1.807, 2.05) is 18.4 Å². The summed E-state index contributed by atoms with van der Waals surface area (Å²) in [6.07, 6.45) is 4.52. The first-order chi connectivity index (χ1) is 34.0. The number of ether oxygens (including phenoxy) is 3. The molecule has 2 aromatic rings. The molecule has 1 fully saturated rings. The molecular weight excluding hydrogens is 921 g/mol. The minimum Gasteiger partial charge on any atom is -0.507 e. The van der Waals surface area contributed by atoms with Crippen LogP contribution in [0.2, 0.25) is 0 Å². The van der Waals surface area contributed by atoms with Crippen LogP contribution in [0.3, 0.4) is 0 Å². The molecule has 15 N–H and O–H groups in total. The molecule has 21 nitrogen and oxygen atoms in total. The molecule has 0 radical (unpaired) electrons. The van der Waals surface area contributed by atoms with Crippen LogP contribution in [0.15, 0.2) is 76.7 Å². The van der Waals surface area contributed by atoms with E-state index in [2.05, 4.69) is 20.9 Å². The lowest BCUT2D eigenvalue weighted by atomic mass is 9.67. The number of aromatic hydroxyl groups is 1. The van der Waals surface area contributed by atoms with Gasteiger partial charge in [0.15, 0.2) is 11.7 Å². The Kier molecular flexibility index (Phi) is 14.8. The number of aliphatic imine (C=N–C) groups is 1. The summed E-state index contributed by atoms with van der Waals surface area (Å²) in [6, 6.07) is 2.31. The van der Waals surface area contributed by atoms with Crippen LogP contribution < -0.4 is 42.6 Å². The summed E-state index contributed by atoms with van der Waals surface area (Å²) in [5.41, 5.74) is 17.8. The molecule has 10 atom stereocenters. The van der Waals surface area contributed by atoms with Gasteiger partial charge in [0, 0.05) is 79.3 Å². The minimum atomic E-state index is -2.45. The van der Waals surface area contributed by atoms with Gasteiger partial charge in [-0.1, -0.05) is 19.1 Å². The molecule has 1 unspecified atom stereocenters. The normalized spacial score (nSPS) is 27.9. The highest BCUT2D eigenvalue weighted by atomic mass is 16.7. The van der Waals surface area contributed by atoms with Gasteiger partial charge in [-0.15, -0.1) is 0 Å². The molecule has 2 amide bonds. The number of hydrogen-bond acceptors (Lipinski definition) is 18. The number of imide groups is 1. The van der Waals surface area contributed by atoms with Crippen LogP contribution in [-0.2, 0) is 20.7 Å². The van der Waals surface area contributed by atoms with E-state index < -0.39 is 90.5 Å². The van der Waals surface area contributed by atoms with E-state index in [4.69, 9.17) is 31.4 Å². The lowest BCUT2D eigenvalue weighted by molar-refractivity contribution is -0.316. The van der Waals surface area contributed by atoms with Crippen molar-refractivity contribution in [1.82, 2.24) is 20.9 Å². The molecule has 2 aliphatic carbocycles. The van der Waals surface area contributed by atoms with Gasteiger partial charge >= 0.3 is 0 Å². The number of amides is 2. The quantitative estimate of drug-likeness (QED) is 0.0499. The van der Waals surface area contributed by atoms with Gasteiger partial charge in [-0.3, -0.25) is 29.1 Å². The summed E-state index contributed by atoms with van der Waals surface area (Å²) < 4.78 is 18.1. The number of dihydropyridines is 2. The fourth-order valence-electron chi connectivity index (χ4n) is 11.0.